The van der Waals surface area contributed by atoms with Crippen molar-refractivity contribution in [2.45, 2.75) is 0 Å². The molecule has 0 heterocycles. The summed E-state index contributed by atoms with van der Waals surface area (Å²) in [6.07, 6.45) is 1.29. The molecule has 0 atom stereocenters. The standard InChI is InChI=1S/C24H19Cl2N3O6/c1-33-16-6-3-5-15(12-16)24(32)35-19-10-9-14(11-20(19)34-2)13-27-29-23(31)22(30)28-18-8-4-7-17(25)21(18)26/h3-13H,1-2H3,(H,28,30)(H,29,31)/b27-13+. The van der Waals surface area contributed by atoms with E-state index in [1.165, 1.54) is 38.6 Å². The molecule has 3 aromatic rings. The van der Waals surface area contributed by atoms with Gasteiger partial charge in [-0.25, -0.2) is 10.2 Å². The first-order valence-corrected chi connectivity index (χ1v) is 10.7. The predicted molar refractivity (Wildman–Crippen MR) is 132 cm³/mol. The van der Waals surface area contributed by atoms with Gasteiger partial charge in [-0.2, -0.15) is 5.10 Å². The molecule has 0 bridgehead atoms. The quantitative estimate of drug-likeness (QED) is 0.159. The van der Waals surface area contributed by atoms with Crippen LogP contribution in [0, 0.1) is 0 Å². The number of nitrogens with zero attached hydrogens (tertiary/aromatic N) is 1. The smallest absolute Gasteiger partial charge is 0.343 e. The van der Waals surface area contributed by atoms with Gasteiger partial charge in [0, 0.05) is 0 Å². The van der Waals surface area contributed by atoms with Crippen LogP contribution >= 0.6 is 23.2 Å². The minimum Gasteiger partial charge on any atom is -0.497 e. The summed E-state index contributed by atoms with van der Waals surface area (Å²) in [4.78, 5) is 36.5. The highest BCUT2D eigenvalue weighted by Crippen LogP contribution is 2.30. The van der Waals surface area contributed by atoms with Crippen LogP contribution in [0.3, 0.4) is 0 Å². The molecular weight excluding hydrogens is 497 g/mol. The van der Waals surface area contributed by atoms with E-state index in [0.717, 1.165) is 0 Å². The SMILES string of the molecule is COc1cccc(C(=O)Oc2ccc(/C=N/NC(=O)C(=O)Nc3cccc(Cl)c3Cl)cc2OC)c1. The molecule has 0 spiro atoms. The minimum atomic E-state index is -1.02. The maximum Gasteiger partial charge on any atom is 0.343 e. The van der Waals surface area contributed by atoms with Crippen molar-refractivity contribution in [2.75, 3.05) is 19.5 Å². The molecule has 2 amide bonds. The van der Waals surface area contributed by atoms with Crippen LogP contribution in [0.2, 0.25) is 10.0 Å². The number of hydrazone groups is 1. The Kier molecular flexibility index (Phi) is 8.66. The summed E-state index contributed by atoms with van der Waals surface area (Å²) >= 11 is 11.9. The number of anilines is 1. The maximum atomic E-state index is 12.5. The van der Waals surface area contributed by atoms with E-state index in [1.54, 1.807) is 42.5 Å². The van der Waals surface area contributed by atoms with Crippen LogP contribution in [-0.4, -0.2) is 38.2 Å². The number of benzene rings is 3. The number of hydrogen-bond acceptors (Lipinski definition) is 7. The van der Waals surface area contributed by atoms with Crippen molar-refractivity contribution in [3.63, 3.8) is 0 Å². The summed E-state index contributed by atoms with van der Waals surface area (Å²) in [5.74, 6) is -1.65. The largest absolute Gasteiger partial charge is 0.497 e. The van der Waals surface area contributed by atoms with E-state index in [4.69, 9.17) is 37.4 Å². The fourth-order valence-electron chi connectivity index (χ4n) is 2.75. The molecule has 0 unspecified atom stereocenters. The van der Waals surface area contributed by atoms with Crippen LogP contribution in [0.1, 0.15) is 15.9 Å². The average molecular weight is 516 g/mol. The number of ether oxygens (including phenoxy) is 3. The Morgan fingerprint density at radius 1 is 0.886 bits per heavy atom. The van der Waals surface area contributed by atoms with Gasteiger partial charge in [0.15, 0.2) is 11.5 Å². The van der Waals surface area contributed by atoms with E-state index in [-0.39, 0.29) is 27.2 Å². The van der Waals surface area contributed by atoms with Gasteiger partial charge < -0.3 is 19.5 Å². The second-order valence-electron chi connectivity index (χ2n) is 6.79. The van der Waals surface area contributed by atoms with Crippen LogP contribution in [0.4, 0.5) is 5.69 Å². The Morgan fingerprint density at radius 2 is 1.66 bits per heavy atom. The zero-order valence-electron chi connectivity index (χ0n) is 18.5. The summed E-state index contributed by atoms with van der Waals surface area (Å²) in [5.41, 5.74) is 3.10. The maximum absolute atomic E-state index is 12.5. The summed E-state index contributed by atoms with van der Waals surface area (Å²) < 4.78 is 15.8. The van der Waals surface area contributed by atoms with Gasteiger partial charge in [-0.15, -0.1) is 0 Å². The van der Waals surface area contributed by atoms with Crippen molar-refractivity contribution in [2.24, 2.45) is 5.10 Å². The minimum absolute atomic E-state index is 0.109. The number of amides is 2. The monoisotopic (exact) mass is 515 g/mol. The number of methoxy groups -OCH3 is 2. The van der Waals surface area contributed by atoms with E-state index >= 15 is 0 Å². The van der Waals surface area contributed by atoms with Crippen LogP contribution in [0.25, 0.3) is 0 Å². The van der Waals surface area contributed by atoms with E-state index < -0.39 is 17.8 Å². The van der Waals surface area contributed by atoms with Gasteiger partial charge in [0.05, 0.1) is 41.7 Å². The highest BCUT2D eigenvalue weighted by molar-refractivity contribution is 6.45. The van der Waals surface area contributed by atoms with Crippen molar-refractivity contribution in [1.29, 1.82) is 0 Å². The van der Waals surface area contributed by atoms with Gasteiger partial charge in [-0.1, -0.05) is 35.3 Å². The van der Waals surface area contributed by atoms with Crippen molar-refractivity contribution in [3.8, 4) is 17.2 Å². The first-order valence-electron chi connectivity index (χ1n) is 9.95. The second-order valence-corrected chi connectivity index (χ2v) is 7.57. The molecule has 35 heavy (non-hydrogen) atoms. The number of hydrogen-bond donors (Lipinski definition) is 2. The normalized spacial score (nSPS) is 10.5. The Labute approximate surface area is 210 Å². The summed E-state index contributed by atoms with van der Waals surface area (Å²) in [6.45, 7) is 0. The molecule has 180 valence electrons. The zero-order chi connectivity index (χ0) is 25.4. The van der Waals surface area contributed by atoms with Gasteiger partial charge in [-0.3, -0.25) is 9.59 Å². The van der Waals surface area contributed by atoms with E-state index in [0.29, 0.717) is 16.9 Å². The molecule has 0 aromatic heterocycles. The van der Waals surface area contributed by atoms with Crippen molar-refractivity contribution < 1.29 is 28.6 Å². The Balaban J connectivity index is 1.62. The molecule has 0 fully saturated rings. The lowest BCUT2D eigenvalue weighted by Gasteiger charge is -2.10. The first kappa shape index (κ1) is 25.5. The zero-order valence-corrected chi connectivity index (χ0v) is 20.0. The number of rotatable bonds is 7. The third kappa shape index (κ3) is 6.72. The van der Waals surface area contributed by atoms with Crippen molar-refractivity contribution in [3.05, 3.63) is 81.8 Å². The highest BCUT2D eigenvalue weighted by atomic mass is 35.5. The van der Waals surface area contributed by atoms with Crippen LogP contribution in [-0.2, 0) is 9.59 Å². The van der Waals surface area contributed by atoms with E-state index in [2.05, 4.69) is 15.8 Å². The molecule has 3 aromatic carbocycles. The Hall–Kier alpha value is -4.08. The molecule has 0 aliphatic carbocycles. The number of halogens is 2. The molecule has 0 aliphatic rings. The van der Waals surface area contributed by atoms with Crippen LogP contribution in [0.15, 0.2) is 65.8 Å². The molecule has 11 heteroatoms. The van der Waals surface area contributed by atoms with Gasteiger partial charge >= 0.3 is 17.8 Å². The summed E-state index contributed by atoms with van der Waals surface area (Å²) in [6, 6.07) is 15.8. The topological polar surface area (TPSA) is 115 Å². The fraction of sp³-hybridized carbons (Fsp3) is 0.0833. The van der Waals surface area contributed by atoms with Crippen LogP contribution < -0.4 is 25.0 Å². The second kappa shape index (κ2) is 11.9. The van der Waals surface area contributed by atoms with Crippen molar-refractivity contribution in [1.82, 2.24) is 5.43 Å². The van der Waals surface area contributed by atoms with Gasteiger partial charge in [0.2, 0.25) is 0 Å². The summed E-state index contributed by atoms with van der Waals surface area (Å²) in [7, 11) is 2.91. The molecule has 0 aliphatic heterocycles. The van der Waals surface area contributed by atoms with Gasteiger partial charge in [0.25, 0.3) is 0 Å². The third-order valence-electron chi connectivity index (χ3n) is 4.48. The van der Waals surface area contributed by atoms with Gasteiger partial charge in [0.1, 0.15) is 5.75 Å². The van der Waals surface area contributed by atoms with Gasteiger partial charge in [-0.05, 0) is 54.1 Å². The van der Waals surface area contributed by atoms with Crippen LogP contribution in [0.5, 0.6) is 17.2 Å². The van der Waals surface area contributed by atoms with E-state index in [9.17, 15) is 14.4 Å². The van der Waals surface area contributed by atoms with Crippen molar-refractivity contribution >= 4 is 52.9 Å². The molecule has 2 N–H and O–H groups in total. The Bertz CT molecular complexity index is 1300. The lowest BCUT2D eigenvalue weighted by Crippen LogP contribution is -2.32. The molecule has 0 saturated heterocycles. The number of nitrogens with one attached hydrogen (secondary N) is 2. The summed E-state index contributed by atoms with van der Waals surface area (Å²) in [5, 5.41) is 6.44. The number of carbonyl (C=O) groups excluding carboxylic acids is 3. The fourth-order valence-corrected chi connectivity index (χ4v) is 3.10. The lowest BCUT2D eigenvalue weighted by molar-refractivity contribution is -0.136. The molecule has 0 radical (unpaired) electrons. The molecule has 0 saturated carbocycles. The lowest BCUT2D eigenvalue weighted by atomic mass is 10.2. The Morgan fingerprint density at radius 3 is 2.40 bits per heavy atom. The molecule has 3 rings (SSSR count). The average Bonchev–Trinajstić information content (AvgIpc) is 2.87. The predicted octanol–water partition coefficient (Wildman–Crippen LogP) is 4.32. The molecule has 9 nitrogen and oxygen atoms in total. The highest BCUT2D eigenvalue weighted by Gasteiger charge is 2.16. The number of esters is 1. The molecular formula is C24H19Cl2N3O6. The number of carbonyl (C=O) groups is 3. The third-order valence-corrected chi connectivity index (χ3v) is 5.30. The van der Waals surface area contributed by atoms with E-state index in [1.807, 2.05) is 0 Å². The first-order chi connectivity index (χ1) is 16.8.